The van der Waals surface area contributed by atoms with Gasteiger partial charge in [0.05, 0.1) is 5.69 Å². The molecule has 1 aromatic carbocycles. The highest BCUT2D eigenvalue weighted by atomic mass is 19.1. The Bertz CT molecular complexity index is 740. The van der Waals surface area contributed by atoms with E-state index in [0.717, 1.165) is 0 Å². The van der Waals surface area contributed by atoms with E-state index < -0.39 is 24.3 Å². The topological polar surface area (TPSA) is 81.4 Å². The number of carbonyl (C=O) groups is 2. The maximum atomic E-state index is 13.4. The van der Waals surface area contributed by atoms with Crippen molar-refractivity contribution >= 4 is 17.6 Å². The van der Waals surface area contributed by atoms with Crippen molar-refractivity contribution in [1.29, 1.82) is 0 Å². The normalized spacial score (nSPS) is 10.4. The molecule has 7 heteroatoms. The van der Waals surface area contributed by atoms with Crippen molar-refractivity contribution in [2.24, 2.45) is 0 Å². The summed E-state index contributed by atoms with van der Waals surface area (Å²) in [5, 5.41) is 6.21. The van der Waals surface area contributed by atoms with Crippen LogP contribution >= 0.6 is 0 Å². The lowest BCUT2D eigenvalue weighted by molar-refractivity contribution is -0.119. The number of amides is 1. The molecule has 6 nitrogen and oxygen atoms in total. The number of hydrogen-bond donors (Lipinski definition) is 1. The average Bonchev–Trinajstić information content (AvgIpc) is 2.89. The average molecular weight is 320 g/mol. The summed E-state index contributed by atoms with van der Waals surface area (Å²) < 4.78 is 23.3. The second-order valence-corrected chi connectivity index (χ2v) is 5.00. The molecule has 0 fully saturated rings. The molecule has 1 N–H and O–H groups in total. The Hall–Kier alpha value is -2.70. The fourth-order valence-electron chi connectivity index (χ4n) is 1.99. The number of rotatable bonds is 5. The SMILES string of the molecule is CCc1noc(C)c1C(=O)OCC(=O)Nc1ccc(C)c(F)c1. The van der Waals surface area contributed by atoms with E-state index in [0.29, 0.717) is 29.1 Å². The quantitative estimate of drug-likeness (QED) is 0.857. The predicted molar refractivity (Wildman–Crippen MR) is 80.7 cm³/mol. The van der Waals surface area contributed by atoms with Crippen molar-refractivity contribution < 1.29 is 23.2 Å². The predicted octanol–water partition coefficient (Wildman–Crippen LogP) is 2.79. The van der Waals surface area contributed by atoms with E-state index in [4.69, 9.17) is 9.26 Å². The third-order valence-electron chi connectivity index (χ3n) is 3.26. The molecule has 0 atom stereocenters. The lowest BCUT2D eigenvalue weighted by Gasteiger charge is -2.07. The highest BCUT2D eigenvalue weighted by Crippen LogP contribution is 2.16. The van der Waals surface area contributed by atoms with Crippen LogP contribution in [0.2, 0.25) is 0 Å². The number of ether oxygens (including phenoxy) is 1. The zero-order valence-electron chi connectivity index (χ0n) is 13.1. The lowest BCUT2D eigenvalue weighted by atomic mass is 10.1. The Morgan fingerprint density at radius 3 is 2.74 bits per heavy atom. The fourth-order valence-corrected chi connectivity index (χ4v) is 1.99. The summed E-state index contributed by atoms with van der Waals surface area (Å²) in [5.74, 6) is -1.32. The number of nitrogens with one attached hydrogen (secondary N) is 1. The van der Waals surface area contributed by atoms with Gasteiger partial charge in [0.1, 0.15) is 17.1 Å². The number of carbonyl (C=O) groups excluding carboxylic acids is 2. The molecule has 0 unspecified atom stereocenters. The van der Waals surface area contributed by atoms with Gasteiger partial charge in [0.25, 0.3) is 5.91 Å². The maximum absolute atomic E-state index is 13.4. The van der Waals surface area contributed by atoms with E-state index >= 15 is 0 Å². The van der Waals surface area contributed by atoms with Gasteiger partial charge in [-0.3, -0.25) is 4.79 Å². The molecule has 1 heterocycles. The molecule has 0 bridgehead atoms. The Morgan fingerprint density at radius 2 is 2.09 bits per heavy atom. The summed E-state index contributed by atoms with van der Waals surface area (Å²) in [6, 6.07) is 4.32. The van der Waals surface area contributed by atoms with Crippen LogP contribution in [0.4, 0.5) is 10.1 Å². The minimum atomic E-state index is -0.675. The first-order valence-electron chi connectivity index (χ1n) is 7.10. The van der Waals surface area contributed by atoms with Crippen LogP contribution in [0.15, 0.2) is 22.7 Å². The molecular weight excluding hydrogens is 303 g/mol. The minimum Gasteiger partial charge on any atom is -0.452 e. The van der Waals surface area contributed by atoms with Crippen molar-refractivity contribution in [2.75, 3.05) is 11.9 Å². The number of anilines is 1. The first-order valence-corrected chi connectivity index (χ1v) is 7.10. The maximum Gasteiger partial charge on any atom is 0.344 e. The molecule has 0 aliphatic carbocycles. The zero-order valence-corrected chi connectivity index (χ0v) is 13.1. The molecule has 1 amide bonds. The first kappa shape index (κ1) is 16.7. The van der Waals surface area contributed by atoms with Gasteiger partial charge in [0.15, 0.2) is 6.61 Å². The molecule has 2 rings (SSSR count). The van der Waals surface area contributed by atoms with Gasteiger partial charge in [0, 0.05) is 5.69 Å². The van der Waals surface area contributed by atoms with Crippen LogP contribution in [0, 0.1) is 19.7 Å². The van der Waals surface area contributed by atoms with Gasteiger partial charge in [-0.05, 0) is 38.0 Å². The van der Waals surface area contributed by atoms with E-state index in [1.54, 1.807) is 26.0 Å². The van der Waals surface area contributed by atoms with Crippen LogP contribution < -0.4 is 5.32 Å². The Kier molecular flexibility index (Phi) is 5.10. The number of esters is 1. The molecule has 1 aromatic heterocycles. The van der Waals surface area contributed by atoms with Gasteiger partial charge in [-0.2, -0.15) is 0 Å². The molecule has 0 saturated heterocycles. The number of benzene rings is 1. The minimum absolute atomic E-state index is 0.238. The largest absolute Gasteiger partial charge is 0.452 e. The standard InChI is InChI=1S/C16H17FN2O4/c1-4-13-15(10(3)23-19-13)16(21)22-8-14(20)18-11-6-5-9(2)12(17)7-11/h5-7H,4,8H2,1-3H3,(H,18,20). The van der Waals surface area contributed by atoms with Crippen molar-refractivity contribution in [3.63, 3.8) is 0 Å². The van der Waals surface area contributed by atoms with E-state index in [2.05, 4.69) is 10.5 Å². The molecular formula is C16H17FN2O4. The summed E-state index contributed by atoms with van der Waals surface area (Å²) in [4.78, 5) is 23.8. The third-order valence-corrected chi connectivity index (χ3v) is 3.26. The molecule has 2 aromatic rings. The van der Waals surface area contributed by atoms with Gasteiger partial charge in [-0.25, -0.2) is 9.18 Å². The smallest absolute Gasteiger partial charge is 0.344 e. The summed E-state index contributed by atoms with van der Waals surface area (Å²) in [5.41, 5.74) is 1.49. The number of nitrogens with zero attached hydrogens (tertiary/aromatic N) is 1. The van der Waals surface area contributed by atoms with Crippen molar-refractivity contribution in [1.82, 2.24) is 5.16 Å². The second kappa shape index (κ2) is 7.04. The number of halogens is 1. The van der Waals surface area contributed by atoms with E-state index in [-0.39, 0.29) is 5.56 Å². The number of aromatic nitrogens is 1. The van der Waals surface area contributed by atoms with Crippen LogP contribution in [-0.2, 0) is 16.0 Å². The van der Waals surface area contributed by atoms with Crippen LogP contribution in [0.3, 0.4) is 0 Å². The van der Waals surface area contributed by atoms with Crippen LogP contribution in [-0.4, -0.2) is 23.6 Å². The van der Waals surface area contributed by atoms with Gasteiger partial charge in [0.2, 0.25) is 0 Å². The first-order chi connectivity index (χ1) is 10.9. The van der Waals surface area contributed by atoms with Crippen molar-refractivity contribution in [3.05, 3.63) is 46.6 Å². The molecule has 122 valence electrons. The van der Waals surface area contributed by atoms with Gasteiger partial charge < -0.3 is 14.6 Å². The summed E-state index contributed by atoms with van der Waals surface area (Å²) in [6.45, 7) is 4.56. The second-order valence-electron chi connectivity index (χ2n) is 5.00. The molecule has 0 radical (unpaired) electrons. The molecule has 0 spiro atoms. The van der Waals surface area contributed by atoms with Crippen molar-refractivity contribution in [2.45, 2.75) is 27.2 Å². The van der Waals surface area contributed by atoms with E-state index in [1.165, 1.54) is 6.07 Å². The Labute approximate surface area is 132 Å². The monoisotopic (exact) mass is 320 g/mol. The number of aryl methyl sites for hydroxylation is 3. The highest BCUT2D eigenvalue weighted by Gasteiger charge is 2.21. The van der Waals surface area contributed by atoms with Crippen LogP contribution in [0.5, 0.6) is 0 Å². The summed E-state index contributed by atoms with van der Waals surface area (Å²) in [6.07, 6.45) is 0.511. The van der Waals surface area contributed by atoms with Crippen LogP contribution in [0.1, 0.15) is 34.3 Å². The zero-order chi connectivity index (χ0) is 17.0. The van der Waals surface area contributed by atoms with Gasteiger partial charge in [-0.15, -0.1) is 0 Å². The van der Waals surface area contributed by atoms with Gasteiger partial charge >= 0.3 is 5.97 Å². The fraction of sp³-hybridized carbons (Fsp3) is 0.312. The van der Waals surface area contributed by atoms with E-state index in [9.17, 15) is 14.0 Å². The summed E-state index contributed by atoms with van der Waals surface area (Å²) in [7, 11) is 0. The Morgan fingerprint density at radius 1 is 1.35 bits per heavy atom. The van der Waals surface area contributed by atoms with Gasteiger partial charge in [-0.1, -0.05) is 18.1 Å². The highest BCUT2D eigenvalue weighted by molar-refractivity contribution is 5.96. The van der Waals surface area contributed by atoms with Crippen molar-refractivity contribution in [3.8, 4) is 0 Å². The third kappa shape index (κ3) is 3.94. The molecule has 0 aliphatic heterocycles. The number of hydrogen-bond acceptors (Lipinski definition) is 5. The molecule has 0 saturated carbocycles. The lowest BCUT2D eigenvalue weighted by Crippen LogP contribution is -2.21. The molecule has 23 heavy (non-hydrogen) atoms. The summed E-state index contributed by atoms with van der Waals surface area (Å²) >= 11 is 0. The van der Waals surface area contributed by atoms with E-state index in [1.807, 2.05) is 6.92 Å². The molecule has 0 aliphatic rings. The Balaban J connectivity index is 1.94. The van der Waals surface area contributed by atoms with Crippen LogP contribution in [0.25, 0.3) is 0 Å².